The van der Waals surface area contributed by atoms with Gasteiger partial charge in [0.2, 0.25) is 5.91 Å². The number of aliphatic imine (C=N–C) groups is 2. The van der Waals surface area contributed by atoms with E-state index in [1.54, 1.807) is 18.0 Å². The van der Waals surface area contributed by atoms with Crippen molar-refractivity contribution in [3.8, 4) is 0 Å². The predicted octanol–water partition coefficient (Wildman–Crippen LogP) is 4.31. The molecule has 0 radical (unpaired) electrons. The second-order valence-corrected chi connectivity index (χ2v) is 11.8. The van der Waals surface area contributed by atoms with Gasteiger partial charge in [-0.1, -0.05) is 38.6 Å². The second kappa shape index (κ2) is 9.29. The van der Waals surface area contributed by atoms with E-state index in [0.717, 1.165) is 43.2 Å². The maximum Gasteiger partial charge on any atom is 0.261 e. The van der Waals surface area contributed by atoms with Crippen molar-refractivity contribution in [1.29, 1.82) is 0 Å². The van der Waals surface area contributed by atoms with Gasteiger partial charge in [0.15, 0.2) is 0 Å². The number of nitrogens with zero attached hydrogens (tertiary/aromatic N) is 5. The van der Waals surface area contributed by atoms with Gasteiger partial charge in [-0.2, -0.15) is 4.99 Å². The summed E-state index contributed by atoms with van der Waals surface area (Å²) in [7, 11) is 0. The molecular weight excluding hydrogens is 446 g/mol. The molecule has 1 fully saturated rings. The molecule has 7 nitrogen and oxygen atoms in total. The summed E-state index contributed by atoms with van der Waals surface area (Å²) in [6, 6.07) is 5.89. The standard InChI is InChI=1S/C26H33N5O2S/c1-26(2,3)17-7-8-18-19(16-17)34-25-23(18)24(33)28-20(29-25)9-10-22(32)31-14-12-30(13-15-31)21-6-4-5-11-27-21/h4-6,11,17,23H,7-10,12-16H2,1-3H3. The van der Waals surface area contributed by atoms with Crippen LogP contribution in [0, 0.1) is 17.3 Å². The summed E-state index contributed by atoms with van der Waals surface area (Å²) in [5.74, 6) is 1.84. The maximum atomic E-state index is 12.9. The van der Waals surface area contributed by atoms with E-state index in [2.05, 4.69) is 35.6 Å². The fourth-order valence-electron chi connectivity index (χ4n) is 5.31. The molecule has 0 N–H and O–H groups in total. The number of amidine groups is 1. The lowest BCUT2D eigenvalue weighted by Crippen LogP contribution is -2.49. The largest absolute Gasteiger partial charge is 0.353 e. The normalized spacial score (nSPS) is 25.1. The second-order valence-electron chi connectivity index (χ2n) is 10.7. The van der Waals surface area contributed by atoms with Gasteiger partial charge in [0.25, 0.3) is 5.91 Å². The predicted molar refractivity (Wildman–Crippen MR) is 137 cm³/mol. The number of anilines is 1. The first-order chi connectivity index (χ1) is 16.3. The van der Waals surface area contributed by atoms with Crippen molar-refractivity contribution in [1.82, 2.24) is 9.88 Å². The van der Waals surface area contributed by atoms with Crippen LogP contribution >= 0.6 is 11.8 Å². The lowest BCUT2D eigenvalue weighted by molar-refractivity contribution is -0.131. The maximum absolute atomic E-state index is 12.9. The minimum absolute atomic E-state index is 0.0943. The Labute approximate surface area is 205 Å². The Morgan fingerprint density at radius 3 is 2.65 bits per heavy atom. The Balaban J connectivity index is 1.15. The van der Waals surface area contributed by atoms with Gasteiger partial charge in [-0.15, -0.1) is 0 Å². The number of allylic oxidation sites excluding steroid dienone is 1. The van der Waals surface area contributed by atoms with E-state index in [4.69, 9.17) is 4.99 Å². The molecular formula is C26H33N5O2S. The SMILES string of the molecule is CC(C)(C)C1CCC2=C(C1)SC1=NC(CCC(=O)N3CCN(c4ccccn4)CC3)=NC(=O)C12. The zero-order valence-corrected chi connectivity index (χ0v) is 21.1. The number of carbonyl (C=O) groups excluding carboxylic acids is 2. The zero-order chi connectivity index (χ0) is 23.9. The molecule has 1 aliphatic carbocycles. The first-order valence-electron chi connectivity index (χ1n) is 12.3. The van der Waals surface area contributed by atoms with Crippen molar-refractivity contribution in [2.24, 2.45) is 27.2 Å². The van der Waals surface area contributed by atoms with Crippen LogP contribution in [0.2, 0.25) is 0 Å². The summed E-state index contributed by atoms with van der Waals surface area (Å²) in [6.45, 7) is 9.81. The van der Waals surface area contributed by atoms with Crippen LogP contribution in [0.4, 0.5) is 5.82 Å². The number of rotatable bonds is 4. The zero-order valence-electron chi connectivity index (χ0n) is 20.3. The molecule has 1 aromatic rings. The highest BCUT2D eigenvalue weighted by molar-refractivity contribution is 8.17. The molecule has 0 bridgehead atoms. The molecule has 8 heteroatoms. The summed E-state index contributed by atoms with van der Waals surface area (Å²) in [4.78, 5) is 44.6. The van der Waals surface area contributed by atoms with Crippen molar-refractivity contribution in [3.05, 3.63) is 34.9 Å². The molecule has 180 valence electrons. The highest BCUT2D eigenvalue weighted by Crippen LogP contribution is 2.52. The number of hydrogen-bond donors (Lipinski definition) is 0. The third kappa shape index (κ3) is 4.69. The van der Waals surface area contributed by atoms with Crippen molar-refractivity contribution in [2.75, 3.05) is 31.1 Å². The highest BCUT2D eigenvalue weighted by atomic mass is 32.2. The molecule has 2 unspecified atom stereocenters. The number of hydrogen-bond acceptors (Lipinski definition) is 6. The van der Waals surface area contributed by atoms with E-state index in [1.165, 1.54) is 10.5 Å². The molecule has 0 aromatic carbocycles. The van der Waals surface area contributed by atoms with Gasteiger partial charge in [-0.25, -0.2) is 9.98 Å². The molecule has 3 aliphatic heterocycles. The number of aromatic nitrogens is 1. The summed E-state index contributed by atoms with van der Waals surface area (Å²) < 4.78 is 0. The molecule has 1 aromatic heterocycles. The molecule has 2 amide bonds. The number of piperazine rings is 1. The Bertz CT molecular complexity index is 1060. The topological polar surface area (TPSA) is 78.2 Å². The fourth-order valence-corrected chi connectivity index (χ4v) is 6.71. The average Bonchev–Trinajstić information content (AvgIpc) is 3.21. The Kier molecular flexibility index (Phi) is 6.35. The van der Waals surface area contributed by atoms with Gasteiger partial charge in [0, 0.05) is 45.2 Å². The molecule has 34 heavy (non-hydrogen) atoms. The summed E-state index contributed by atoms with van der Waals surface area (Å²) >= 11 is 1.69. The van der Waals surface area contributed by atoms with Crippen molar-refractivity contribution in [2.45, 2.75) is 52.9 Å². The van der Waals surface area contributed by atoms with Crippen molar-refractivity contribution >= 4 is 40.3 Å². The van der Waals surface area contributed by atoms with Gasteiger partial charge < -0.3 is 9.80 Å². The molecule has 2 atom stereocenters. The Morgan fingerprint density at radius 2 is 1.94 bits per heavy atom. The number of fused-ring (bicyclic) bond motifs is 2. The molecule has 0 saturated carbocycles. The van der Waals surface area contributed by atoms with E-state index in [0.29, 0.717) is 37.7 Å². The third-order valence-corrected chi connectivity index (χ3v) is 8.70. The first-order valence-corrected chi connectivity index (χ1v) is 13.1. The lowest BCUT2D eigenvalue weighted by Gasteiger charge is -2.35. The fraction of sp³-hybridized carbons (Fsp3) is 0.577. The molecule has 0 spiro atoms. The molecule has 4 heterocycles. The van der Waals surface area contributed by atoms with Crippen LogP contribution in [-0.2, 0) is 9.59 Å². The first kappa shape index (κ1) is 23.3. The molecule has 1 saturated heterocycles. The van der Waals surface area contributed by atoms with Gasteiger partial charge >= 0.3 is 0 Å². The van der Waals surface area contributed by atoms with Crippen LogP contribution in [-0.4, -0.2) is 58.8 Å². The van der Waals surface area contributed by atoms with Gasteiger partial charge in [-0.05, 0) is 53.2 Å². The van der Waals surface area contributed by atoms with Crippen LogP contribution in [0.15, 0.2) is 44.9 Å². The van der Waals surface area contributed by atoms with E-state index in [-0.39, 0.29) is 23.1 Å². The van der Waals surface area contributed by atoms with Gasteiger partial charge in [0.1, 0.15) is 17.6 Å². The average molecular weight is 480 g/mol. The smallest absolute Gasteiger partial charge is 0.261 e. The lowest BCUT2D eigenvalue weighted by atomic mass is 9.71. The summed E-state index contributed by atoms with van der Waals surface area (Å²) in [5, 5.41) is 0.881. The Hall–Kier alpha value is -2.48. The van der Waals surface area contributed by atoms with Crippen LogP contribution in [0.25, 0.3) is 0 Å². The Morgan fingerprint density at radius 1 is 1.15 bits per heavy atom. The molecule has 5 rings (SSSR count). The number of pyridine rings is 1. The number of amides is 2. The summed E-state index contributed by atoms with van der Waals surface area (Å²) in [5.41, 5.74) is 1.52. The van der Waals surface area contributed by atoms with E-state index >= 15 is 0 Å². The van der Waals surface area contributed by atoms with Crippen molar-refractivity contribution in [3.63, 3.8) is 0 Å². The van der Waals surface area contributed by atoms with E-state index in [9.17, 15) is 9.59 Å². The van der Waals surface area contributed by atoms with Crippen LogP contribution in [0.1, 0.15) is 52.9 Å². The number of thioether (sulfide) groups is 1. The quantitative estimate of drug-likeness (QED) is 0.643. The minimum Gasteiger partial charge on any atom is -0.353 e. The van der Waals surface area contributed by atoms with Gasteiger partial charge in [-0.3, -0.25) is 9.59 Å². The van der Waals surface area contributed by atoms with Crippen LogP contribution in [0.3, 0.4) is 0 Å². The minimum atomic E-state index is -0.264. The highest BCUT2D eigenvalue weighted by Gasteiger charge is 2.43. The van der Waals surface area contributed by atoms with E-state index < -0.39 is 0 Å². The van der Waals surface area contributed by atoms with Crippen LogP contribution in [0.5, 0.6) is 0 Å². The third-order valence-electron chi connectivity index (χ3n) is 7.49. The van der Waals surface area contributed by atoms with Crippen molar-refractivity contribution < 1.29 is 9.59 Å². The summed E-state index contributed by atoms with van der Waals surface area (Å²) in [6.07, 6.45) is 5.66. The van der Waals surface area contributed by atoms with Crippen LogP contribution < -0.4 is 4.90 Å². The van der Waals surface area contributed by atoms with Gasteiger partial charge in [0.05, 0.1) is 5.04 Å². The monoisotopic (exact) mass is 479 g/mol. The molecule has 4 aliphatic rings. The number of carbonyl (C=O) groups is 2. The van der Waals surface area contributed by atoms with E-state index in [1.807, 2.05) is 23.1 Å².